The molecule has 1 aliphatic rings. The summed E-state index contributed by atoms with van der Waals surface area (Å²) in [4.78, 5) is 24.7. The predicted molar refractivity (Wildman–Crippen MR) is 139 cm³/mol. The number of hydrogen-bond acceptors (Lipinski definition) is 6. The largest absolute Gasteiger partial charge is 0.462 e. The number of unbranched alkanes of at least 4 members (excludes halogenated alkanes) is 10. The van der Waals surface area contributed by atoms with E-state index in [1.165, 1.54) is 51.4 Å². The first-order valence-electron chi connectivity index (χ1n) is 13.5. The van der Waals surface area contributed by atoms with Crippen molar-refractivity contribution in [1.82, 2.24) is 10.6 Å². The van der Waals surface area contributed by atoms with E-state index >= 15 is 0 Å². The molecule has 194 valence electrons. The van der Waals surface area contributed by atoms with Crippen LogP contribution in [-0.4, -0.2) is 51.3 Å². The summed E-state index contributed by atoms with van der Waals surface area (Å²) in [5, 5.41) is 6.44. The van der Waals surface area contributed by atoms with Crippen LogP contribution < -0.4 is 10.6 Å². The molecule has 0 atom stereocenters. The van der Waals surface area contributed by atoms with Crippen molar-refractivity contribution in [1.29, 1.82) is 0 Å². The molecule has 1 fully saturated rings. The molecular weight excluding hydrogens is 428 g/mol. The van der Waals surface area contributed by atoms with Crippen LogP contribution in [0, 0.1) is 0 Å². The second-order valence-electron chi connectivity index (χ2n) is 8.85. The van der Waals surface area contributed by atoms with Gasteiger partial charge in [0.1, 0.15) is 0 Å². The maximum Gasteiger partial charge on any atom is 0.339 e. The number of carbonyl (C=O) groups is 2. The van der Waals surface area contributed by atoms with E-state index in [1.807, 2.05) is 0 Å². The van der Waals surface area contributed by atoms with E-state index in [0.717, 1.165) is 51.9 Å². The van der Waals surface area contributed by atoms with E-state index in [-0.39, 0.29) is 0 Å². The molecule has 0 aromatic heterocycles. The van der Waals surface area contributed by atoms with Gasteiger partial charge in [-0.3, -0.25) is 0 Å². The third kappa shape index (κ3) is 15.1. The molecule has 0 aliphatic carbocycles. The number of benzene rings is 1. The van der Waals surface area contributed by atoms with Gasteiger partial charge in [0.25, 0.3) is 0 Å². The SMILES string of the molecule is C1CNCCN1.CCCCCCCCOC(=O)c1ccccc1C(=O)OCCCCCCCC. The highest BCUT2D eigenvalue weighted by Crippen LogP contribution is 2.14. The number of nitrogens with one attached hydrogen (secondary N) is 2. The molecule has 1 saturated heterocycles. The fourth-order valence-electron chi connectivity index (χ4n) is 3.69. The average molecular weight is 477 g/mol. The van der Waals surface area contributed by atoms with Crippen LogP contribution in [0.5, 0.6) is 0 Å². The molecule has 0 unspecified atom stereocenters. The monoisotopic (exact) mass is 476 g/mol. The normalized spacial score (nSPS) is 13.0. The van der Waals surface area contributed by atoms with Gasteiger partial charge in [0.15, 0.2) is 0 Å². The molecule has 1 aromatic rings. The van der Waals surface area contributed by atoms with Gasteiger partial charge in [-0.25, -0.2) is 9.59 Å². The van der Waals surface area contributed by atoms with Crippen molar-refractivity contribution in [3.05, 3.63) is 35.4 Å². The zero-order valence-corrected chi connectivity index (χ0v) is 21.7. The van der Waals surface area contributed by atoms with Crippen molar-refractivity contribution in [3.8, 4) is 0 Å². The Morgan fingerprint density at radius 3 is 1.32 bits per heavy atom. The fourth-order valence-corrected chi connectivity index (χ4v) is 3.69. The maximum absolute atomic E-state index is 12.4. The predicted octanol–water partition coefficient (Wildman–Crippen LogP) is 5.90. The molecule has 0 bridgehead atoms. The Labute approximate surface area is 207 Å². The van der Waals surface area contributed by atoms with Crippen LogP contribution in [0.4, 0.5) is 0 Å². The first kappa shape index (κ1) is 30.1. The smallest absolute Gasteiger partial charge is 0.339 e. The zero-order chi connectivity index (χ0) is 24.7. The molecule has 2 N–H and O–H groups in total. The highest BCUT2D eigenvalue weighted by atomic mass is 16.5. The molecular formula is C28H48N2O4. The minimum Gasteiger partial charge on any atom is -0.462 e. The molecule has 0 radical (unpaired) electrons. The minimum atomic E-state index is -0.444. The van der Waals surface area contributed by atoms with E-state index in [1.54, 1.807) is 24.3 Å². The topological polar surface area (TPSA) is 76.7 Å². The van der Waals surface area contributed by atoms with Crippen molar-refractivity contribution >= 4 is 11.9 Å². The Hall–Kier alpha value is -1.92. The Kier molecular flexibility index (Phi) is 19.1. The summed E-state index contributed by atoms with van der Waals surface area (Å²) in [6.07, 6.45) is 13.6. The number of esters is 2. The molecule has 6 heteroatoms. The Balaban J connectivity index is 0.000000830. The summed E-state index contributed by atoms with van der Waals surface area (Å²) in [7, 11) is 0. The van der Waals surface area contributed by atoms with Gasteiger partial charge >= 0.3 is 11.9 Å². The van der Waals surface area contributed by atoms with Crippen molar-refractivity contribution in [2.24, 2.45) is 0 Å². The van der Waals surface area contributed by atoms with Crippen LogP contribution in [0.15, 0.2) is 24.3 Å². The standard InChI is InChI=1S/C24H38O4.C4H10N2/c1-3-5-7-9-11-15-19-27-23(25)21-17-13-14-18-22(21)24(26)28-20-16-12-10-8-6-4-2;1-2-6-4-3-5-1/h13-14,17-18H,3-12,15-16,19-20H2,1-2H3;5-6H,1-4H2. The van der Waals surface area contributed by atoms with E-state index in [2.05, 4.69) is 24.5 Å². The Morgan fingerprint density at radius 2 is 0.971 bits per heavy atom. The molecule has 0 saturated carbocycles. The number of hydrogen-bond donors (Lipinski definition) is 2. The summed E-state index contributed by atoms with van der Waals surface area (Å²) >= 11 is 0. The lowest BCUT2D eigenvalue weighted by Gasteiger charge is -2.11. The Bertz CT molecular complexity index is 587. The molecule has 0 spiro atoms. The van der Waals surface area contributed by atoms with Gasteiger partial charge in [-0.05, 0) is 25.0 Å². The van der Waals surface area contributed by atoms with Crippen LogP contribution >= 0.6 is 0 Å². The quantitative estimate of drug-likeness (QED) is 0.228. The average Bonchev–Trinajstić information content (AvgIpc) is 2.88. The molecule has 0 amide bonds. The summed E-state index contributed by atoms with van der Waals surface area (Å²) < 4.78 is 10.7. The summed E-state index contributed by atoms with van der Waals surface area (Å²) in [6.45, 7) is 9.73. The second-order valence-corrected chi connectivity index (χ2v) is 8.85. The fraction of sp³-hybridized carbons (Fsp3) is 0.714. The third-order valence-electron chi connectivity index (χ3n) is 5.79. The summed E-state index contributed by atoms with van der Waals surface area (Å²) in [6, 6.07) is 6.74. The lowest BCUT2D eigenvalue weighted by molar-refractivity contribution is 0.0450. The van der Waals surface area contributed by atoms with Gasteiger partial charge in [-0.1, -0.05) is 90.2 Å². The van der Waals surface area contributed by atoms with Gasteiger partial charge in [0.2, 0.25) is 0 Å². The highest BCUT2D eigenvalue weighted by Gasteiger charge is 2.18. The first-order chi connectivity index (χ1) is 16.7. The Morgan fingerprint density at radius 1 is 0.618 bits per heavy atom. The number of ether oxygens (including phenoxy) is 2. The molecule has 1 aromatic carbocycles. The first-order valence-corrected chi connectivity index (χ1v) is 13.5. The lowest BCUT2D eigenvalue weighted by atomic mass is 10.1. The van der Waals surface area contributed by atoms with Crippen molar-refractivity contribution in [2.75, 3.05) is 39.4 Å². The zero-order valence-electron chi connectivity index (χ0n) is 21.7. The third-order valence-corrected chi connectivity index (χ3v) is 5.79. The van der Waals surface area contributed by atoms with Gasteiger partial charge in [0, 0.05) is 26.2 Å². The summed E-state index contributed by atoms with van der Waals surface area (Å²) in [5.74, 6) is -0.888. The number of carbonyl (C=O) groups excluding carboxylic acids is 2. The van der Waals surface area contributed by atoms with Crippen LogP contribution in [0.2, 0.25) is 0 Å². The van der Waals surface area contributed by atoms with Crippen LogP contribution in [0.3, 0.4) is 0 Å². The van der Waals surface area contributed by atoms with E-state index in [0.29, 0.717) is 24.3 Å². The highest BCUT2D eigenvalue weighted by molar-refractivity contribution is 6.03. The van der Waals surface area contributed by atoms with Crippen LogP contribution in [-0.2, 0) is 9.47 Å². The van der Waals surface area contributed by atoms with Gasteiger partial charge in [-0.2, -0.15) is 0 Å². The second kappa shape index (κ2) is 21.6. The molecule has 34 heavy (non-hydrogen) atoms. The molecule has 6 nitrogen and oxygen atoms in total. The molecule has 2 rings (SSSR count). The number of rotatable bonds is 16. The lowest BCUT2D eigenvalue weighted by Crippen LogP contribution is -2.39. The number of piperazine rings is 1. The molecule has 1 heterocycles. The van der Waals surface area contributed by atoms with Gasteiger partial charge in [-0.15, -0.1) is 0 Å². The van der Waals surface area contributed by atoms with Crippen molar-refractivity contribution in [3.63, 3.8) is 0 Å². The van der Waals surface area contributed by atoms with Gasteiger partial charge in [0.05, 0.1) is 24.3 Å². The van der Waals surface area contributed by atoms with Crippen LogP contribution in [0.1, 0.15) is 112 Å². The van der Waals surface area contributed by atoms with E-state index in [4.69, 9.17) is 9.47 Å². The van der Waals surface area contributed by atoms with Crippen molar-refractivity contribution < 1.29 is 19.1 Å². The minimum absolute atomic E-state index is 0.293. The van der Waals surface area contributed by atoms with Crippen LogP contribution in [0.25, 0.3) is 0 Å². The van der Waals surface area contributed by atoms with Gasteiger partial charge < -0.3 is 20.1 Å². The maximum atomic E-state index is 12.4. The summed E-state index contributed by atoms with van der Waals surface area (Å²) in [5.41, 5.74) is 0.586. The van der Waals surface area contributed by atoms with E-state index < -0.39 is 11.9 Å². The van der Waals surface area contributed by atoms with E-state index in [9.17, 15) is 9.59 Å². The van der Waals surface area contributed by atoms with Crippen molar-refractivity contribution in [2.45, 2.75) is 90.9 Å². The molecule has 1 aliphatic heterocycles.